The van der Waals surface area contributed by atoms with Gasteiger partial charge in [-0.3, -0.25) is 4.79 Å². The average molecular weight is 499 g/mol. The maximum Gasteiger partial charge on any atom is 0.233 e. The number of rotatable bonds is 9. The van der Waals surface area contributed by atoms with Crippen LogP contribution in [-0.4, -0.2) is 36.9 Å². The van der Waals surface area contributed by atoms with Crippen molar-refractivity contribution in [1.82, 2.24) is 5.32 Å². The predicted octanol–water partition coefficient (Wildman–Crippen LogP) is 4.69. The van der Waals surface area contributed by atoms with Gasteiger partial charge in [0.2, 0.25) is 5.91 Å². The molecule has 0 bridgehead atoms. The molecule has 27 heavy (non-hydrogen) atoms. The Morgan fingerprint density at radius 3 is 2.56 bits per heavy atom. The van der Waals surface area contributed by atoms with Gasteiger partial charge in [0.05, 0.1) is 18.1 Å². The van der Waals surface area contributed by atoms with E-state index in [1.165, 1.54) is 10.5 Å². The summed E-state index contributed by atoms with van der Waals surface area (Å²) in [4.78, 5) is 13.8. The highest BCUT2D eigenvalue weighted by Crippen LogP contribution is 2.29. The lowest BCUT2D eigenvalue weighted by molar-refractivity contribution is -0.120. The van der Waals surface area contributed by atoms with Gasteiger partial charge >= 0.3 is 0 Å². The SMILES string of the molecule is COc1ccc(CCNC(=O)C(I)C(C)c2cccc(SC)c2)cc1OC. The fraction of sp³-hybridized carbons (Fsp3) is 0.381. The van der Waals surface area contributed by atoms with Gasteiger partial charge in [-0.2, -0.15) is 0 Å². The number of carbonyl (C=O) groups is 1. The lowest BCUT2D eigenvalue weighted by atomic mass is 9.97. The molecule has 2 unspecified atom stereocenters. The molecule has 0 aromatic heterocycles. The lowest BCUT2D eigenvalue weighted by Crippen LogP contribution is -2.35. The quantitative estimate of drug-likeness (QED) is 0.309. The zero-order valence-corrected chi connectivity index (χ0v) is 19.1. The Balaban J connectivity index is 1.91. The summed E-state index contributed by atoms with van der Waals surface area (Å²) in [5.41, 5.74) is 2.29. The van der Waals surface area contributed by atoms with Crippen LogP contribution in [-0.2, 0) is 11.2 Å². The van der Waals surface area contributed by atoms with E-state index in [1.54, 1.807) is 26.0 Å². The monoisotopic (exact) mass is 499 g/mol. The molecule has 0 saturated carbocycles. The van der Waals surface area contributed by atoms with E-state index in [0.29, 0.717) is 18.0 Å². The minimum Gasteiger partial charge on any atom is -0.493 e. The molecule has 0 saturated heterocycles. The standard InChI is InChI=1S/C21H26INO3S/c1-14(16-6-5-7-17(13-16)27-4)20(22)21(24)23-11-10-15-8-9-18(25-2)19(12-15)26-3/h5-9,12-14,20H,10-11H2,1-4H3,(H,23,24). The lowest BCUT2D eigenvalue weighted by Gasteiger charge is -2.19. The van der Waals surface area contributed by atoms with Crippen molar-refractivity contribution in [3.05, 3.63) is 53.6 Å². The molecule has 146 valence electrons. The molecule has 2 rings (SSSR count). The highest BCUT2D eigenvalue weighted by atomic mass is 127. The van der Waals surface area contributed by atoms with Gasteiger partial charge in [-0.05, 0) is 48.1 Å². The molecule has 4 nitrogen and oxygen atoms in total. The minimum absolute atomic E-state index is 0.0677. The van der Waals surface area contributed by atoms with Gasteiger partial charge in [0.1, 0.15) is 0 Å². The summed E-state index contributed by atoms with van der Waals surface area (Å²) in [5.74, 6) is 1.63. The molecular weight excluding hydrogens is 473 g/mol. The van der Waals surface area contributed by atoms with E-state index in [9.17, 15) is 4.79 Å². The van der Waals surface area contributed by atoms with Gasteiger partial charge < -0.3 is 14.8 Å². The minimum atomic E-state index is -0.120. The van der Waals surface area contributed by atoms with Gasteiger partial charge in [0.25, 0.3) is 0 Å². The van der Waals surface area contributed by atoms with Crippen LogP contribution in [0.15, 0.2) is 47.4 Å². The summed E-state index contributed by atoms with van der Waals surface area (Å²) in [7, 11) is 3.24. The van der Waals surface area contributed by atoms with Crippen molar-refractivity contribution < 1.29 is 14.3 Å². The van der Waals surface area contributed by atoms with Crippen LogP contribution in [0.1, 0.15) is 24.0 Å². The topological polar surface area (TPSA) is 47.6 Å². The maximum atomic E-state index is 12.6. The predicted molar refractivity (Wildman–Crippen MR) is 121 cm³/mol. The Morgan fingerprint density at radius 2 is 1.89 bits per heavy atom. The Hall–Kier alpha value is -1.41. The number of amides is 1. The number of thioether (sulfide) groups is 1. The molecule has 0 spiro atoms. The third kappa shape index (κ3) is 6.04. The van der Waals surface area contributed by atoms with Crippen molar-refractivity contribution in [3.63, 3.8) is 0 Å². The first kappa shape index (κ1) is 21.9. The smallest absolute Gasteiger partial charge is 0.233 e. The third-order valence-electron chi connectivity index (χ3n) is 4.47. The summed E-state index contributed by atoms with van der Waals surface area (Å²) in [6.07, 6.45) is 2.80. The number of hydrogen-bond acceptors (Lipinski definition) is 4. The summed E-state index contributed by atoms with van der Waals surface area (Å²) in [5, 5.41) is 3.05. The van der Waals surface area contributed by atoms with E-state index in [4.69, 9.17) is 9.47 Å². The van der Waals surface area contributed by atoms with Gasteiger partial charge in [-0.1, -0.05) is 47.7 Å². The zero-order chi connectivity index (χ0) is 19.8. The fourth-order valence-corrected chi connectivity index (χ4v) is 3.89. The molecule has 1 amide bonds. The number of nitrogens with one attached hydrogen (secondary N) is 1. The van der Waals surface area contributed by atoms with E-state index in [0.717, 1.165) is 12.0 Å². The van der Waals surface area contributed by atoms with Crippen molar-refractivity contribution in [2.24, 2.45) is 0 Å². The van der Waals surface area contributed by atoms with Crippen molar-refractivity contribution in [1.29, 1.82) is 0 Å². The first-order valence-corrected chi connectivity index (χ1v) is 11.2. The van der Waals surface area contributed by atoms with Gasteiger partial charge in [-0.25, -0.2) is 0 Å². The normalized spacial score (nSPS) is 12.9. The van der Waals surface area contributed by atoms with Crippen LogP contribution >= 0.6 is 34.4 Å². The van der Waals surface area contributed by atoms with Crippen molar-refractivity contribution >= 4 is 40.3 Å². The van der Waals surface area contributed by atoms with E-state index in [-0.39, 0.29) is 15.7 Å². The molecule has 2 aromatic carbocycles. The summed E-state index contributed by atoms with van der Waals surface area (Å²) in [6, 6.07) is 14.2. The number of benzene rings is 2. The number of carbonyl (C=O) groups excluding carboxylic acids is 1. The third-order valence-corrected chi connectivity index (χ3v) is 6.84. The van der Waals surface area contributed by atoms with Crippen LogP contribution in [0.3, 0.4) is 0 Å². The largest absolute Gasteiger partial charge is 0.493 e. The second-order valence-corrected chi connectivity index (χ2v) is 8.42. The Labute approximate surface area is 179 Å². The molecule has 0 heterocycles. The number of ether oxygens (including phenoxy) is 2. The number of alkyl halides is 1. The van der Waals surface area contributed by atoms with Crippen LogP contribution in [0.5, 0.6) is 11.5 Å². The van der Waals surface area contributed by atoms with Crippen LogP contribution in [0.4, 0.5) is 0 Å². The van der Waals surface area contributed by atoms with Gasteiger partial charge in [-0.15, -0.1) is 11.8 Å². The van der Waals surface area contributed by atoms with Crippen molar-refractivity contribution in [2.45, 2.75) is 28.1 Å². The molecule has 0 radical (unpaired) electrons. The van der Waals surface area contributed by atoms with Gasteiger partial charge in [0, 0.05) is 17.4 Å². The van der Waals surface area contributed by atoms with E-state index in [1.807, 2.05) is 18.2 Å². The van der Waals surface area contributed by atoms with Gasteiger partial charge in [0.15, 0.2) is 11.5 Å². The van der Waals surface area contributed by atoms with E-state index in [2.05, 4.69) is 65.4 Å². The highest BCUT2D eigenvalue weighted by molar-refractivity contribution is 14.1. The summed E-state index contributed by atoms with van der Waals surface area (Å²) in [6.45, 7) is 2.69. The Kier molecular flexibility index (Phi) is 8.76. The second-order valence-electron chi connectivity index (χ2n) is 6.20. The van der Waals surface area contributed by atoms with Crippen LogP contribution < -0.4 is 14.8 Å². The summed E-state index contributed by atoms with van der Waals surface area (Å²) >= 11 is 3.96. The number of methoxy groups -OCH3 is 2. The fourth-order valence-electron chi connectivity index (χ4n) is 2.78. The average Bonchev–Trinajstić information content (AvgIpc) is 2.72. The molecule has 0 fully saturated rings. The summed E-state index contributed by atoms with van der Waals surface area (Å²) < 4.78 is 10.5. The molecule has 2 aromatic rings. The first-order chi connectivity index (χ1) is 13.0. The first-order valence-electron chi connectivity index (χ1n) is 8.76. The molecule has 2 atom stereocenters. The zero-order valence-electron chi connectivity index (χ0n) is 16.1. The number of halogens is 1. The van der Waals surface area contributed by atoms with E-state index < -0.39 is 0 Å². The Bertz CT molecular complexity index is 769. The molecule has 0 aliphatic carbocycles. The van der Waals surface area contributed by atoms with Crippen molar-refractivity contribution in [3.8, 4) is 11.5 Å². The molecule has 1 N–H and O–H groups in total. The molecule has 6 heteroatoms. The second kappa shape index (κ2) is 10.8. The Morgan fingerprint density at radius 1 is 1.15 bits per heavy atom. The number of hydrogen-bond donors (Lipinski definition) is 1. The molecular formula is C21H26INO3S. The van der Waals surface area contributed by atoms with Crippen LogP contribution in [0.25, 0.3) is 0 Å². The highest BCUT2D eigenvalue weighted by Gasteiger charge is 2.23. The van der Waals surface area contributed by atoms with Crippen LogP contribution in [0, 0.1) is 0 Å². The van der Waals surface area contributed by atoms with E-state index >= 15 is 0 Å². The molecule has 0 aliphatic rings. The maximum absolute atomic E-state index is 12.6. The molecule has 0 aliphatic heterocycles. The van der Waals surface area contributed by atoms with Crippen molar-refractivity contribution in [2.75, 3.05) is 27.0 Å². The van der Waals surface area contributed by atoms with Crippen LogP contribution in [0.2, 0.25) is 0 Å².